The Hall–Kier alpha value is -6.81. The predicted molar refractivity (Wildman–Crippen MR) is 220 cm³/mol. The van der Waals surface area contributed by atoms with Crippen LogP contribution in [-0.2, 0) is 56.0 Å². The van der Waals surface area contributed by atoms with Crippen LogP contribution in [0.3, 0.4) is 0 Å². The van der Waals surface area contributed by atoms with Gasteiger partial charge in [-0.2, -0.15) is 132 Å². The van der Waals surface area contributed by atoms with Crippen molar-refractivity contribution in [3.8, 4) is 0 Å². The average molecular weight is 1140 g/mol. The van der Waals surface area contributed by atoms with Gasteiger partial charge in [-0.3, -0.25) is 9.59 Å². The molecule has 0 saturated carbocycles. The van der Waals surface area contributed by atoms with Gasteiger partial charge in [0.2, 0.25) is 18.1 Å². The molecule has 0 saturated heterocycles. The SMILES string of the molecule is FC(F)(F)c1cc([B-](c2cc(C(F)(F)F)cc(C(F)(F)F)c2)(c2cc(C(F)(F)F)cc(C(F)(F)F)c2)c2cc(C(F)(F)F)cc(C(F)(F)F)c2)cc(C(F)(F)F)c1.O=C(C[n+]1ccnc(C(=O)CCl)c1)c1ccccc1. The average Bonchev–Trinajstić information content (AvgIpc) is 3.29. The lowest BCUT2D eigenvalue weighted by Crippen LogP contribution is -2.75. The molecule has 408 valence electrons. The fraction of sp³-hybridized carbons (Fsp3) is 0.217. The molecular weight excluding hydrogens is 1110 g/mol. The first-order chi connectivity index (χ1) is 34.5. The lowest BCUT2D eigenvalue weighted by Gasteiger charge is -2.46. The molecule has 0 atom stereocenters. The number of nitrogens with zero attached hydrogens (tertiary/aromatic N) is 2. The van der Waals surface area contributed by atoms with Crippen LogP contribution in [-0.4, -0.2) is 28.6 Å². The number of alkyl halides is 25. The summed E-state index contributed by atoms with van der Waals surface area (Å²) in [6.45, 7) is 0.162. The van der Waals surface area contributed by atoms with Gasteiger partial charge in [0.25, 0.3) is 0 Å². The summed E-state index contributed by atoms with van der Waals surface area (Å²) >= 11 is 5.47. The molecule has 1 heterocycles. The van der Waals surface area contributed by atoms with Gasteiger partial charge in [0.1, 0.15) is 6.15 Å². The number of Topliss-reactive ketones (excluding diaryl/α,β-unsaturated/α-hetero) is 2. The van der Waals surface area contributed by atoms with Gasteiger partial charge < -0.3 is 0 Å². The van der Waals surface area contributed by atoms with E-state index in [0.29, 0.717) is 5.56 Å². The fourth-order valence-electron chi connectivity index (χ4n) is 7.70. The Kier molecular flexibility index (Phi) is 16.6. The van der Waals surface area contributed by atoms with Crippen LogP contribution in [0.15, 0.2) is 122 Å². The molecule has 0 amide bonds. The van der Waals surface area contributed by atoms with Crippen LogP contribution in [0.4, 0.5) is 105 Å². The minimum Gasteiger partial charge on any atom is -0.291 e. The third-order valence-electron chi connectivity index (χ3n) is 11.0. The standard InChI is InChI=1S/C32H12BF24.C14H12ClN2O2/c34-25(35,36)13-1-14(26(37,38)39)6-21(5-13)33(22-7-15(27(40,41)42)2-16(8-22)28(43,44)45,23-9-17(29(46,47)48)3-18(10-23)30(49,50)51)24-11-19(31(52,53)54)4-20(12-24)32(55,56)57;15-8-13(18)12-9-17(7-6-16-12)10-14(19)11-4-2-1-3-5-11/h1-12H;1-7,9H,8,10H2/q-1;+1. The molecule has 6 aromatic rings. The van der Waals surface area contributed by atoms with E-state index >= 15 is 0 Å². The van der Waals surface area contributed by atoms with Crippen LogP contribution in [0.5, 0.6) is 0 Å². The molecule has 0 fully saturated rings. The number of halogens is 25. The maximum atomic E-state index is 14.2. The summed E-state index contributed by atoms with van der Waals surface area (Å²) in [7, 11) is 0. The van der Waals surface area contributed by atoms with Crippen LogP contribution in [0.1, 0.15) is 65.4 Å². The van der Waals surface area contributed by atoms with Crippen molar-refractivity contribution in [2.75, 3.05) is 5.88 Å². The highest BCUT2D eigenvalue weighted by Crippen LogP contribution is 2.41. The molecule has 0 aliphatic rings. The fourth-order valence-corrected chi connectivity index (χ4v) is 7.83. The first kappa shape index (κ1) is 60.1. The van der Waals surface area contributed by atoms with Gasteiger partial charge in [-0.05, 0) is 24.3 Å². The second kappa shape index (κ2) is 21.0. The van der Waals surface area contributed by atoms with Crippen LogP contribution < -0.4 is 26.4 Å². The molecule has 4 nitrogen and oxygen atoms in total. The number of hydrogen-bond donors (Lipinski definition) is 0. The van der Waals surface area contributed by atoms with Crippen molar-refractivity contribution >= 4 is 51.2 Å². The summed E-state index contributed by atoms with van der Waals surface area (Å²) in [6, 6.07) is 0.187. The quantitative estimate of drug-likeness (QED) is 0.0477. The lowest BCUT2D eigenvalue weighted by atomic mass is 9.12. The van der Waals surface area contributed by atoms with Gasteiger partial charge in [0.05, 0.1) is 56.6 Å². The number of carbonyl (C=O) groups excluding carboxylic acids is 2. The van der Waals surface area contributed by atoms with Crippen molar-refractivity contribution in [3.05, 3.63) is 177 Å². The lowest BCUT2D eigenvalue weighted by molar-refractivity contribution is -0.683. The molecule has 1 aromatic heterocycles. The van der Waals surface area contributed by atoms with Gasteiger partial charge in [0, 0.05) is 5.56 Å². The summed E-state index contributed by atoms with van der Waals surface area (Å²) in [5.41, 5.74) is -29.3. The Morgan fingerprint density at radius 1 is 0.408 bits per heavy atom. The first-order valence-corrected chi connectivity index (χ1v) is 20.9. The van der Waals surface area contributed by atoms with Gasteiger partial charge in [-0.15, -0.1) is 11.6 Å². The molecule has 0 bridgehead atoms. The molecule has 0 aliphatic carbocycles. The Morgan fingerprint density at radius 3 is 0.908 bits per heavy atom. The molecule has 6 rings (SSSR count). The van der Waals surface area contributed by atoms with Crippen molar-refractivity contribution in [3.63, 3.8) is 0 Å². The van der Waals surface area contributed by atoms with Crippen molar-refractivity contribution in [2.45, 2.75) is 56.0 Å². The smallest absolute Gasteiger partial charge is 0.291 e. The third-order valence-corrected chi connectivity index (χ3v) is 11.3. The van der Waals surface area contributed by atoms with Crippen LogP contribution >= 0.6 is 11.6 Å². The van der Waals surface area contributed by atoms with Gasteiger partial charge >= 0.3 is 49.4 Å². The van der Waals surface area contributed by atoms with E-state index in [4.69, 9.17) is 11.6 Å². The second-order valence-electron chi connectivity index (χ2n) is 16.2. The minimum absolute atomic E-state index is 0.0268. The summed E-state index contributed by atoms with van der Waals surface area (Å²) in [4.78, 5) is 27.4. The predicted octanol–water partition coefficient (Wildman–Crippen LogP) is 12.9. The Morgan fingerprint density at radius 2 is 0.671 bits per heavy atom. The number of carbonyl (C=O) groups is 2. The second-order valence-corrected chi connectivity index (χ2v) is 16.5. The molecule has 0 aliphatic heterocycles. The zero-order valence-corrected chi connectivity index (χ0v) is 37.5. The number of ketones is 2. The van der Waals surface area contributed by atoms with Gasteiger partial charge in [0.15, 0.2) is 18.1 Å². The van der Waals surface area contributed by atoms with Crippen molar-refractivity contribution < 1.29 is 120 Å². The number of aromatic nitrogens is 2. The summed E-state index contributed by atoms with van der Waals surface area (Å²) in [5, 5.41) is 0. The van der Waals surface area contributed by atoms with E-state index in [0.717, 1.165) is 0 Å². The number of benzene rings is 5. The molecule has 5 aromatic carbocycles. The molecule has 0 spiro atoms. The minimum atomic E-state index is -6.13. The topological polar surface area (TPSA) is 50.9 Å². The zero-order valence-electron chi connectivity index (χ0n) is 36.7. The normalized spacial score (nSPS) is 13.3. The third kappa shape index (κ3) is 14.0. The van der Waals surface area contributed by atoms with E-state index in [1.807, 2.05) is 18.2 Å². The van der Waals surface area contributed by atoms with Gasteiger partial charge in [-0.1, -0.05) is 78.9 Å². The number of hydrogen-bond acceptors (Lipinski definition) is 3. The largest absolute Gasteiger partial charge is 0.416 e. The van der Waals surface area contributed by atoms with E-state index in [1.165, 1.54) is 12.4 Å². The zero-order chi connectivity index (χ0) is 57.6. The van der Waals surface area contributed by atoms with E-state index in [-0.39, 0.29) is 29.7 Å². The van der Waals surface area contributed by atoms with Gasteiger partial charge in [-0.25, -0.2) is 4.98 Å². The van der Waals surface area contributed by atoms with E-state index in [1.54, 1.807) is 22.9 Å². The van der Waals surface area contributed by atoms with Crippen molar-refractivity contribution in [1.82, 2.24) is 4.98 Å². The summed E-state index contributed by atoms with van der Waals surface area (Å²) in [5.74, 6) is -0.409. The number of rotatable bonds is 9. The first-order valence-electron chi connectivity index (χ1n) is 20.3. The van der Waals surface area contributed by atoms with Crippen LogP contribution in [0.2, 0.25) is 0 Å². The van der Waals surface area contributed by atoms with Crippen molar-refractivity contribution in [2.24, 2.45) is 0 Å². The van der Waals surface area contributed by atoms with E-state index < -0.39 is 195 Å². The highest BCUT2D eigenvalue weighted by atomic mass is 35.5. The molecule has 0 radical (unpaired) electrons. The van der Waals surface area contributed by atoms with Crippen LogP contribution in [0.25, 0.3) is 0 Å². The molecular formula is C46H24BClF24N2O2. The molecule has 0 N–H and O–H groups in total. The van der Waals surface area contributed by atoms with E-state index in [2.05, 4.69) is 4.98 Å². The highest BCUT2D eigenvalue weighted by Gasteiger charge is 2.47. The van der Waals surface area contributed by atoms with Crippen LogP contribution in [0, 0.1) is 0 Å². The molecule has 30 heteroatoms. The monoisotopic (exact) mass is 1140 g/mol. The molecule has 0 unspecified atom stereocenters. The Balaban J connectivity index is 0.000000468. The maximum Gasteiger partial charge on any atom is 0.416 e. The summed E-state index contributed by atoms with van der Waals surface area (Å²) < 4.78 is 342. The molecule has 76 heavy (non-hydrogen) atoms. The maximum absolute atomic E-state index is 14.2. The Labute approximate surface area is 414 Å². The Bertz CT molecular complexity index is 2660. The summed E-state index contributed by atoms with van der Waals surface area (Å²) in [6.07, 6.45) is -50.1. The van der Waals surface area contributed by atoms with Crippen molar-refractivity contribution in [1.29, 1.82) is 0 Å². The van der Waals surface area contributed by atoms with E-state index in [9.17, 15) is 115 Å². The highest BCUT2D eigenvalue weighted by molar-refractivity contribution is 7.20.